The van der Waals surface area contributed by atoms with Crippen molar-refractivity contribution in [3.05, 3.63) is 12.2 Å². The van der Waals surface area contributed by atoms with Crippen LogP contribution in [0.4, 0.5) is 0 Å². The highest BCUT2D eigenvalue weighted by atomic mass is 16.7. The van der Waals surface area contributed by atoms with E-state index in [0.29, 0.717) is 6.61 Å². The van der Waals surface area contributed by atoms with Gasteiger partial charge >= 0.3 is 5.97 Å². The predicted octanol–water partition coefficient (Wildman–Crippen LogP) is -0.618. The lowest BCUT2D eigenvalue weighted by atomic mass is 9.52. The van der Waals surface area contributed by atoms with Crippen LogP contribution in [0.15, 0.2) is 12.2 Å². The molecule has 9 atom stereocenters. The third-order valence-electron chi connectivity index (χ3n) is 6.72. The average molecular weight is 294 g/mol. The quantitative estimate of drug-likeness (QED) is 0.380. The molecule has 0 radical (unpaired) electrons. The van der Waals surface area contributed by atoms with E-state index in [1.165, 1.54) is 0 Å². The summed E-state index contributed by atoms with van der Waals surface area (Å²) in [5.41, 5.74) is -2.38. The summed E-state index contributed by atoms with van der Waals surface area (Å²) in [5, 5.41) is 22.4. The smallest absolute Gasteiger partial charge is 0.313 e. The molecule has 0 aromatic carbocycles. The Morgan fingerprint density at radius 1 is 1.43 bits per heavy atom. The Bertz CT molecular complexity index is 597. The molecule has 6 heteroatoms. The lowest BCUT2D eigenvalue weighted by Gasteiger charge is -2.54. The van der Waals surface area contributed by atoms with Crippen molar-refractivity contribution in [3.8, 4) is 0 Å². The van der Waals surface area contributed by atoms with E-state index in [1.54, 1.807) is 13.8 Å². The Labute approximate surface area is 121 Å². The van der Waals surface area contributed by atoms with Gasteiger partial charge in [0.2, 0.25) is 0 Å². The standard InChI is InChI=1S/C15H18O6/c1-5(2)6-7-12(17)20-8(6)9(16)13(3)14(4-19-14)10-11(21-10)15(7,13)18/h6-11,16,18H,1,4H2,2-3H3/t6-,7+,8+,9+,10+,11?,13-,14?,15-/m0/s1. The molecule has 0 aromatic rings. The Balaban J connectivity index is 1.76. The summed E-state index contributed by atoms with van der Waals surface area (Å²) in [7, 11) is 0. The SMILES string of the molecule is C=C(C)[C@@H]1[C@H]2OC(=O)[C@@H]1[C@]1(O)C3O[C@H]3C3(CO3)[C@]1(C)[C@@H]2O. The third kappa shape index (κ3) is 0.958. The second-order valence-electron chi connectivity index (χ2n) is 7.38. The van der Waals surface area contributed by atoms with Gasteiger partial charge in [0.15, 0.2) is 0 Å². The number of esters is 1. The molecule has 6 nitrogen and oxygen atoms in total. The summed E-state index contributed by atoms with van der Waals surface area (Å²) in [6, 6.07) is 0. The Morgan fingerprint density at radius 3 is 2.67 bits per heavy atom. The molecule has 5 aliphatic rings. The normalized spacial score (nSPS) is 65.8. The number of hydrogen-bond acceptors (Lipinski definition) is 6. The molecule has 3 aliphatic heterocycles. The first-order valence-electron chi connectivity index (χ1n) is 7.36. The van der Waals surface area contributed by atoms with Crippen molar-refractivity contribution in [2.45, 2.75) is 49.5 Å². The molecular formula is C15H18O6. The molecule has 3 saturated heterocycles. The highest BCUT2D eigenvalue weighted by Gasteiger charge is 2.94. The molecule has 2 bridgehead atoms. The van der Waals surface area contributed by atoms with Gasteiger partial charge in [-0.15, -0.1) is 0 Å². The number of rotatable bonds is 1. The van der Waals surface area contributed by atoms with Gasteiger partial charge in [-0.2, -0.15) is 0 Å². The minimum absolute atomic E-state index is 0.236. The molecular weight excluding hydrogens is 276 g/mol. The lowest BCUT2D eigenvalue weighted by molar-refractivity contribution is -0.232. The topological polar surface area (TPSA) is 91.8 Å². The van der Waals surface area contributed by atoms with Gasteiger partial charge in [0.1, 0.15) is 35.6 Å². The van der Waals surface area contributed by atoms with Crippen LogP contribution < -0.4 is 0 Å². The number of aliphatic hydroxyl groups is 2. The highest BCUT2D eigenvalue weighted by Crippen LogP contribution is 2.75. The minimum Gasteiger partial charge on any atom is -0.459 e. The molecule has 0 amide bonds. The highest BCUT2D eigenvalue weighted by molar-refractivity contribution is 5.80. The largest absolute Gasteiger partial charge is 0.459 e. The van der Waals surface area contributed by atoms with Crippen molar-refractivity contribution in [3.63, 3.8) is 0 Å². The number of epoxide rings is 2. The van der Waals surface area contributed by atoms with Crippen molar-refractivity contribution in [1.82, 2.24) is 0 Å². The van der Waals surface area contributed by atoms with Crippen molar-refractivity contribution in [2.75, 3.05) is 6.61 Å². The van der Waals surface area contributed by atoms with Gasteiger partial charge in [-0.25, -0.2) is 0 Å². The fourth-order valence-electron chi connectivity index (χ4n) is 5.49. The van der Waals surface area contributed by atoms with Crippen LogP contribution >= 0.6 is 0 Å². The van der Waals surface area contributed by atoms with E-state index in [2.05, 4.69) is 6.58 Å². The summed E-state index contributed by atoms with van der Waals surface area (Å²) in [5.74, 6) is -1.60. The molecule has 21 heavy (non-hydrogen) atoms. The fourth-order valence-corrected chi connectivity index (χ4v) is 5.49. The van der Waals surface area contributed by atoms with Gasteiger partial charge < -0.3 is 24.4 Å². The Hall–Kier alpha value is -0.950. The van der Waals surface area contributed by atoms with Gasteiger partial charge in [0.25, 0.3) is 0 Å². The van der Waals surface area contributed by atoms with Crippen LogP contribution in [0.1, 0.15) is 13.8 Å². The molecule has 2 saturated carbocycles. The summed E-state index contributed by atoms with van der Waals surface area (Å²) in [4.78, 5) is 12.4. The van der Waals surface area contributed by atoms with E-state index in [0.717, 1.165) is 5.57 Å². The van der Waals surface area contributed by atoms with Crippen molar-refractivity contribution >= 4 is 5.97 Å². The first kappa shape index (κ1) is 12.6. The number of aliphatic hydroxyl groups excluding tert-OH is 1. The molecule has 5 rings (SSSR count). The molecule has 5 fully saturated rings. The summed E-state index contributed by atoms with van der Waals surface area (Å²) < 4.78 is 16.7. The molecule has 2 unspecified atom stereocenters. The van der Waals surface area contributed by atoms with E-state index in [-0.39, 0.29) is 12.0 Å². The van der Waals surface area contributed by atoms with E-state index < -0.39 is 46.8 Å². The first-order chi connectivity index (χ1) is 9.80. The zero-order valence-electron chi connectivity index (χ0n) is 11.9. The maximum Gasteiger partial charge on any atom is 0.313 e. The third-order valence-corrected chi connectivity index (χ3v) is 6.72. The summed E-state index contributed by atoms with van der Waals surface area (Å²) in [6.07, 6.45) is -2.37. The maximum atomic E-state index is 12.4. The number of carbonyl (C=O) groups is 1. The summed E-state index contributed by atoms with van der Waals surface area (Å²) in [6.45, 7) is 7.96. The molecule has 2 aliphatic carbocycles. The Kier molecular flexibility index (Phi) is 1.83. The number of hydrogen-bond donors (Lipinski definition) is 2. The van der Waals surface area contributed by atoms with Crippen molar-refractivity contribution < 1.29 is 29.2 Å². The second kappa shape index (κ2) is 3.06. The second-order valence-corrected chi connectivity index (χ2v) is 7.38. The van der Waals surface area contributed by atoms with Crippen LogP contribution in [-0.2, 0) is 19.0 Å². The van der Waals surface area contributed by atoms with Gasteiger partial charge in [0.05, 0.1) is 17.9 Å². The molecule has 3 heterocycles. The van der Waals surface area contributed by atoms with E-state index in [4.69, 9.17) is 14.2 Å². The molecule has 0 aromatic heterocycles. The monoisotopic (exact) mass is 294 g/mol. The van der Waals surface area contributed by atoms with Crippen molar-refractivity contribution in [1.29, 1.82) is 0 Å². The zero-order valence-corrected chi connectivity index (χ0v) is 11.9. The van der Waals surface area contributed by atoms with Crippen LogP contribution in [-0.4, -0.2) is 58.4 Å². The van der Waals surface area contributed by atoms with E-state index in [9.17, 15) is 15.0 Å². The van der Waals surface area contributed by atoms with Crippen molar-refractivity contribution in [2.24, 2.45) is 17.3 Å². The van der Waals surface area contributed by atoms with E-state index in [1.807, 2.05) is 0 Å². The van der Waals surface area contributed by atoms with Gasteiger partial charge in [-0.3, -0.25) is 4.79 Å². The van der Waals surface area contributed by atoms with Crippen LogP contribution in [0.5, 0.6) is 0 Å². The Morgan fingerprint density at radius 2 is 2.10 bits per heavy atom. The average Bonchev–Trinajstić information content (AvgIpc) is 3.27. The minimum atomic E-state index is -1.47. The molecule has 114 valence electrons. The predicted molar refractivity (Wildman–Crippen MR) is 68.1 cm³/mol. The van der Waals surface area contributed by atoms with E-state index >= 15 is 0 Å². The number of fused-ring (bicyclic) bond motifs is 8. The maximum absolute atomic E-state index is 12.4. The number of carbonyl (C=O) groups excluding carboxylic acids is 1. The lowest BCUT2D eigenvalue weighted by Crippen LogP contribution is -2.70. The van der Waals surface area contributed by atoms with Gasteiger partial charge in [-0.05, 0) is 6.92 Å². The van der Waals surface area contributed by atoms with Gasteiger partial charge in [-0.1, -0.05) is 19.1 Å². The first-order valence-corrected chi connectivity index (χ1v) is 7.36. The molecule has 1 spiro atoms. The van der Waals surface area contributed by atoms with Gasteiger partial charge in [0, 0.05) is 5.92 Å². The summed E-state index contributed by atoms with van der Waals surface area (Å²) >= 11 is 0. The van der Waals surface area contributed by atoms with Crippen LogP contribution in [0.25, 0.3) is 0 Å². The van der Waals surface area contributed by atoms with Crippen LogP contribution in [0, 0.1) is 17.3 Å². The molecule has 2 N–H and O–H groups in total. The number of ether oxygens (including phenoxy) is 3. The van der Waals surface area contributed by atoms with Crippen LogP contribution in [0.2, 0.25) is 0 Å². The van der Waals surface area contributed by atoms with Crippen LogP contribution in [0.3, 0.4) is 0 Å². The fraction of sp³-hybridized carbons (Fsp3) is 0.800. The zero-order chi connectivity index (χ0) is 14.9.